The Morgan fingerprint density at radius 1 is 1.12 bits per heavy atom. The highest BCUT2D eigenvalue weighted by atomic mass is 35.5. The maximum atomic E-state index is 13.0. The molecule has 2 aromatic heterocycles. The Morgan fingerprint density at radius 2 is 1.96 bits per heavy atom. The summed E-state index contributed by atoms with van der Waals surface area (Å²) in [7, 11) is 0. The minimum atomic E-state index is -0.238. The average molecular weight is 404 g/mol. The number of rotatable bonds is 4. The van der Waals surface area contributed by atoms with E-state index in [0.717, 1.165) is 4.88 Å². The van der Waals surface area contributed by atoms with Gasteiger partial charge in [-0.25, -0.2) is 4.98 Å². The lowest BCUT2D eigenvalue weighted by Gasteiger charge is -2.11. The predicted octanol–water partition coefficient (Wildman–Crippen LogP) is 5.80. The summed E-state index contributed by atoms with van der Waals surface area (Å²) in [5, 5.41) is 0.995. The van der Waals surface area contributed by atoms with Crippen LogP contribution in [0.3, 0.4) is 0 Å². The second-order valence-electron chi connectivity index (χ2n) is 5.46. The summed E-state index contributed by atoms with van der Waals surface area (Å²) in [5.74, 6) is 0.474. The van der Waals surface area contributed by atoms with Crippen molar-refractivity contribution in [3.05, 3.63) is 79.3 Å². The number of para-hydroxylation sites is 1. The van der Waals surface area contributed by atoms with E-state index in [4.69, 9.17) is 32.4 Å². The van der Waals surface area contributed by atoms with Crippen LogP contribution in [0, 0.1) is 0 Å². The predicted molar refractivity (Wildman–Crippen MR) is 104 cm³/mol. The van der Waals surface area contributed by atoms with Gasteiger partial charge >= 0.3 is 0 Å². The molecule has 0 aliphatic rings. The van der Waals surface area contributed by atoms with Crippen LogP contribution >= 0.6 is 34.5 Å². The molecule has 0 N–H and O–H groups in total. The highest BCUT2D eigenvalue weighted by Crippen LogP contribution is 2.33. The average Bonchev–Trinajstić information content (AvgIpc) is 3.06. The van der Waals surface area contributed by atoms with Crippen molar-refractivity contribution in [2.24, 2.45) is 0 Å². The summed E-state index contributed by atoms with van der Waals surface area (Å²) in [6, 6.07) is 14.1. The van der Waals surface area contributed by atoms with E-state index in [0.29, 0.717) is 31.8 Å². The van der Waals surface area contributed by atoms with Gasteiger partial charge in [-0.3, -0.25) is 4.79 Å². The number of aromatic nitrogens is 1. The van der Waals surface area contributed by atoms with Gasteiger partial charge in [0.05, 0.1) is 10.3 Å². The molecule has 0 amide bonds. The van der Waals surface area contributed by atoms with E-state index in [2.05, 4.69) is 4.98 Å². The highest BCUT2D eigenvalue weighted by Gasteiger charge is 2.18. The summed E-state index contributed by atoms with van der Waals surface area (Å²) >= 11 is 13.2. The lowest BCUT2D eigenvalue weighted by Crippen LogP contribution is -2.09. The van der Waals surface area contributed by atoms with Gasteiger partial charge in [0, 0.05) is 16.8 Å². The Morgan fingerprint density at radius 3 is 2.73 bits per heavy atom. The van der Waals surface area contributed by atoms with Crippen molar-refractivity contribution in [3.8, 4) is 17.1 Å². The third-order valence-corrected chi connectivity index (χ3v) is 5.05. The normalized spacial score (nSPS) is 11.0. The monoisotopic (exact) mass is 403 g/mol. The third kappa shape index (κ3) is 3.33. The Hall–Kier alpha value is -2.34. The van der Waals surface area contributed by atoms with E-state index >= 15 is 0 Å². The molecule has 4 aromatic rings. The quantitative estimate of drug-likeness (QED) is 0.431. The van der Waals surface area contributed by atoms with Gasteiger partial charge < -0.3 is 9.15 Å². The number of hydrogen-bond acceptors (Lipinski definition) is 5. The molecule has 7 heteroatoms. The van der Waals surface area contributed by atoms with Crippen molar-refractivity contribution in [1.29, 1.82) is 0 Å². The fourth-order valence-corrected chi connectivity index (χ4v) is 3.65. The van der Waals surface area contributed by atoms with Crippen molar-refractivity contribution >= 4 is 45.5 Å². The van der Waals surface area contributed by atoms with Crippen LogP contribution in [0.4, 0.5) is 0 Å². The number of fused-ring (bicyclic) bond motifs is 1. The van der Waals surface area contributed by atoms with Crippen LogP contribution in [0.25, 0.3) is 22.3 Å². The number of nitrogens with zero attached hydrogens (tertiary/aromatic N) is 1. The van der Waals surface area contributed by atoms with E-state index in [1.165, 1.54) is 11.3 Å². The van der Waals surface area contributed by atoms with Gasteiger partial charge in [0.15, 0.2) is 10.2 Å². The first-order chi connectivity index (χ1) is 12.6. The zero-order chi connectivity index (χ0) is 18.1. The topological polar surface area (TPSA) is 52.3 Å². The molecular weight excluding hydrogens is 393 g/mol. The molecule has 0 saturated carbocycles. The first-order valence-corrected chi connectivity index (χ1v) is 9.24. The molecule has 0 unspecified atom stereocenters. The van der Waals surface area contributed by atoms with E-state index in [9.17, 15) is 4.79 Å². The standard InChI is InChI=1S/C19H11Cl2NO3S/c20-12-5-3-4-11(8-12)17-18(24-10-13-9-22-19(21)26-13)16(23)14-6-1-2-7-15(14)25-17/h1-9H,10H2. The van der Waals surface area contributed by atoms with Gasteiger partial charge in [0.1, 0.15) is 12.2 Å². The summed E-state index contributed by atoms with van der Waals surface area (Å²) < 4.78 is 12.2. The van der Waals surface area contributed by atoms with Gasteiger partial charge in [-0.2, -0.15) is 0 Å². The second kappa shape index (κ2) is 7.11. The molecular formula is C19H11Cl2NO3S. The van der Waals surface area contributed by atoms with E-state index in [1.54, 1.807) is 42.6 Å². The Bertz CT molecular complexity index is 1150. The lowest BCUT2D eigenvalue weighted by atomic mass is 10.1. The van der Waals surface area contributed by atoms with Crippen LogP contribution in [0.1, 0.15) is 4.88 Å². The molecule has 0 fully saturated rings. The number of halogens is 2. The van der Waals surface area contributed by atoms with Gasteiger partial charge in [-0.05, 0) is 24.3 Å². The maximum Gasteiger partial charge on any atom is 0.235 e. The zero-order valence-electron chi connectivity index (χ0n) is 13.2. The SMILES string of the molecule is O=c1c(OCc2cnc(Cl)s2)c(-c2cccc(Cl)c2)oc2ccccc12. The van der Waals surface area contributed by atoms with Crippen LogP contribution < -0.4 is 10.2 Å². The Labute approximate surface area is 162 Å². The van der Waals surface area contributed by atoms with E-state index < -0.39 is 0 Å². The molecule has 4 rings (SSSR count). The van der Waals surface area contributed by atoms with Crippen LogP contribution in [-0.4, -0.2) is 4.98 Å². The summed E-state index contributed by atoms with van der Waals surface area (Å²) in [6.07, 6.45) is 1.62. The largest absolute Gasteiger partial charge is 0.480 e. The van der Waals surface area contributed by atoms with Gasteiger partial charge in [-0.15, -0.1) is 11.3 Å². The number of thiazole rings is 1. The molecule has 0 atom stereocenters. The van der Waals surface area contributed by atoms with Crippen LogP contribution in [0.2, 0.25) is 9.49 Å². The molecule has 26 heavy (non-hydrogen) atoms. The first-order valence-electron chi connectivity index (χ1n) is 7.66. The molecule has 4 nitrogen and oxygen atoms in total. The fourth-order valence-electron chi connectivity index (χ4n) is 2.57. The number of ether oxygens (including phenoxy) is 1. The van der Waals surface area contributed by atoms with Crippen LogP contribution in [0.5, 0.6) is 5.75 Å². The molecule has 0 saturated heterocycles. The number of hydrogen-bond donors (Lipinski definition) is 0. The van der Waals surface area contributed by atoms with Crippen molar-refractivity contribution in [2.75, 3.05) is 0 Å². The van der Waals surface area contributed by atoms with Crippen molar-refractivity contribution in [2.45, 2.75) is 6.61 Å². The van der Waals surface area contributed by atoms with Crippen molar-refractivity contribution < 1.29 is 9.15 Å². The molecule has 0 aliphatic carbocycles. The molecule has 2 heterocycles. The third-order valence-electron chi connectivity index (χ3n) is 3.73. The minimum absolute atomic E-state index is 0.135. The van der Waals surface area contributed by atoms with Crippen molar-refractivity contribution in [3.63, 3.8) is 0 Å². The van der Waals surface area contributed by atoms with Gasteiger partial charge in [-0.1, -0.05) is 47.5 Å². The van der Waals surface area contributed by atoms with Gasteiger partial charge in [0.25, 0.3) is 0 Å². The second-order valence-corrected chi connectivity index (χ2v) is 7.60. The van der Waals surface area contributed by atoms with E-state index in [1.807, 2.05) is 12.1 Å². The number of benzene rings is 2. The molecule has 0 aliphatic heterocycles. The smallest absolute Gasteiger partial charge is 0.235 e. The molecule has 2 aromatic carbocycles. The maximum absolute atomic E-state index is 13.0. The molecule has 0 radical (unpaired) electrons. The van der Waals surface area contributed by atoms with E-state index in [-0.39, 0.29) is 17.8 Å². The summed E-state index contributed by atoms with van der Waals surface area (Å²) in [5.41, 5.74) is 0.913. The van der Waals surface area contributed by atoms with Crippen LogP contribution in [0.15, 0.2) is 63.9 Å². The van der Waals surface area contributed by atoms with Crippen LogP contribution in [-0.2, 0) is 6.61 Å². The lowest BCUT2D eigenvalue weighted by molar-refractivity contribution is 0.301. The Balaban J connectivity index is 1.86. The fraction of sp³-hybridized carbons (Fsp3) is 0.0526. The van der Waals surface area contributed by atoms with Gasteiger partial charge in [0.2, 0.25) is 11.2 Å². The molecule has 0 spiro atoms. The minimum Gasteiger partial charge on any atom is -0.480 e. The molecule has 0 bridgehead atoms. The summed E-state index contributed by atoms with van der Waals surface area (Å²) in [6.45, 7) is 0.168. The molecule has 130 valence electrons. The Kier molecular flexibility index (Phi) is 4.68. The van der Waals surface area contributed by atoms with Crippen molar-refractivity contribution in [1.82, 2.24) is 4.98 Å². The first kappa shape index (κ1) is 17.1. The highest BCUT2D eigenvalue weighted by molar-refractivity contribution is 7.15. The summed E-state index contributed by atoms with van der Waals surface area (Å²) in [4.78, 5) is 17.8. The zero-order valence-corrected chi connectivity index (χ0v) is 15.6.